The monoisotopic (exact) mass is 193 g/mol. The minimum Gasteiger partial charge on any atom is -0.285 e. The van der Waals surface area contributed by atoms with Crippen LogP contribution in [0.1, 0.15) is 26.2 Å². The average molecular weight is 193 g/mol. The number of hydrogen-bond donors (Lipinski definition) is 1. The molecule has 0 aliphatic carbocycles. The third-order valence-corrected chi connectivity index (χ3v) is 2.35. The van der Waals surface area contributed by atoms with Gasteiger partial charge in [-0.25, -0.2) is 0 Å². The lowest BCUT2D eigenvalue weighted by molar-refractivity contribution is 0.460. The molecule has 1 unspecified atom stereocenters. The maximum atomic E-state index is 10.5. The van der Waals surface area contributed by atoms with Crippen molar-refractivity contribution < 1.29 is 13.0 Å². The van der Waals surface area contributed by atoms with E-state index in [2.05, 4.69) is 10.0 Å². The Bertz CT molecular complexity index is 268. The third-order valence-electron chi connectivity index (χ3n) is 1.33. The first kappa shape index (κ1) is 11.2. The molecule has 0 amide bonds. The summed E-state index contributed by atoms with van der Waals surface area (Å²) in [6.45, 7) is 1.87. The molecule has 0 saturated carbocycles. The predicted molar refractivity (Wildman–Crippen MR) is 44.0 cm³/mol. The molecule has 0 aliphatic heterocycles. The van der Waals surface area contributed by atoms with E-state index in [1.165, 1.54) is 0 Å². The summed E-state index contributed by atoms with van der Waals surface area (Å²) in [7, 11) is -4.22. The van der Waals surface area contributed by atoms with Gasteiger partial charge in [-0.1, -0.05) is 24.9 Å². The van der Waals surface area contributed by atoms with Crippen LogP contribution in [-0.4, -0.2) is 18.3 Å². The van der Waals surface area contributed by atoms with Crippen LogP contribution in [0.15, 0.2) is 5.11 Å². The molecule has 70 valence electrons. The number of hydrogen-bond acceptors (Lipinski definition) is 3. The topological polar surface area (TPSA) is 103 Å². The molecule has 12 heavy (non-hydrogen) atoms. The molecule has 1 atom stereocenters. The third kappa shape index (κ3) is 4.17. The molecule has 0 rings (SSSR count). The van der Waals surface area contributed by atoms with Crippen molar-refractivity contribution in [1.29, 1.82) is 0 Å². The minimum absolute atomic E-state index is 0.166. The van der Waals surface area contributed by atoms with E-state index in [-0.39, 0.29) is 6.42 Å². The summed E-state index contributed by atoms with van der Waals surface area (Å²) in [6.07, 6.45) is 1.55. The summed E-state index contributed by atoms with van der Waals surface area (Å²) < 4.78 is 29.6. The van der Waals surface area contributed by atoms with E-state index < -0.39 is 15.5 Å². The van der Waals surface area contributed by atoms with Crippen LogP contribution >= 0.6 is 0 Å². The van der Waals surface area contributed by atoms with E-state index in [1.54, 1.807) is 0 Å². The number of nitrogens with zero attached hydrogens (tertiary/aromatic N) is 3. The van der Waals surface area contributed by atoms with Crippen LogP contribution in [0, 0.1) is 0 Å². The maximum absolute atomic E-state index is 10.5. The normalized spacial score (nSPS) is 13.5. The quantitative estimate of drug-likeness (QED) is 0.311. The molecule has 7 heteroatoms. The van der Waals surface area contributed by atoms with Crippen LogP contribution in [0.25, 0.3) is 10.4 Å². The zero-order chi connectivity index (χ0) is 9.61. The zero-order valence-corrected chi connectivity index (χ0v) is 7.53. The van der Waals surface area contributed by atoms with Crippen molar-refractivity contribution in [2.75, 3.05) is 0 Å². The highest BCUT2D eigenvalue weighted by atomic mass is 32.2. The summed E-state index contributed by atoms with van der Waals surface area (Å²) >= 11 is 0. The van der Waals surface area contributed by atoms with Gasteiger partial charge in [0.25, 0.3) is 10.1 Å². The van der Waals surface area contributed by atoms with Crippen molar-refractivity contribution in [2.24, 2.45) is 5.11 Å². The molecule has 0 aromatic rings. The highest BCUT2D eigenvalue weighted by molar-refractivity contribution is 7.86. The van der Waals surface area contributed by atoms with Gasteiger partial charge >= 0.3 is 0 Å². The molecule has 0 saturated heterocycles. The lowest BCUT2D eigenvalue weighted by Crippen LogP contribution is -2.17. The fourth-order valence-electron chi connectivity index (χ4n) is 0.703. The fraction of sp³-hybridized carbons (Fsp3) is 1.00. The first-order valence-electron chi connectivity index (χ1n) is 3.53. The largest absolute Gasteiger partial charge is 0.285 e. The maximum Gasteiger partial charge on any atom is 0.273 e. The second-order valence-electron chi connectivity index (χ2n) is 2.32. The highest BCUT2D eigenvalue weighted by Gasteiger charge is 2.20. The number of rotatable bonds is 5. The van der Waals surface area contributed by atoms with Crippen LogP contribution in [0.4, 0.5) is 0 Å². The highest BCUT2D eigenvalue weighted by Crippen LogP contribution is 2.10. The molecule has 0 bridgehead atoms. The van der Waals surface area contributed by atoms with Gasteiger partial charge in [0.05, 0.1) is 0 Å². The van der Waals surface area contributed by atoms with Gasteiger partial charge in [-0.15, -0.1) is 0 Å². The Morgan fingerprint density at radius 1 is 1.67 bits per heavy atom. The van der Waals surface area contributed by atoms with E-state index in [0.29, 0.717) is 6.42 Å². The van der Waals surface area contributed by atoms with Gasteiger partial charge in [-0.3, -0.25) is 4.55 Å². The van der Waals surface area contributed by atoms with Crippen LogP contribution in [-0.2, 0) is 10.1 Å². The summed E-state index contributed by atoms with van der Waals surface area (Å²) in [5, 5.41) is 1.64. The molecule has 0 spiro atoms. The first-order valence-corrected chi connectivity index (χ1v) is 5.03. The molecule has 0 aromatic carbocycles. The summed E-state index contributed by atoms with van der Waals surface area (Å²) in [6, 6.07) is 0. The molecule has 0 heterocycles. The van der Waals surface area contributed by atoms with Gasteiger partial charge in [-0.2, -0.15) is 8.42 Å². The minimum atomic E-state index is -4.22. The number of azide groups is 1. The molecule has 1 N–H and O–H groups in total. The lowest BCUT2D eigenvalue weighted by Gasteiger charge is -2.04. The second kappa shape index (κ2) is 4.97. The van der Waals surface area contributed by atoms with Gasteiger partial charge in [0.1, 0.15) is 0 Å². The van der Waals surface area contributed by atoms with E-state index in [1.807, 2.05) is 6.92 Å². The van der Waals surface area contributed by atoms with Crippen molar-refractivity contribution in [1.82, 2.24) is 0 Å². The van der Waals surface area contributed by atoms with E-state index in [0.717, 1.165) is 6.42 Å². The molecule has 6 nitrogen and oxygen atoms in total. The Balaban J connectivity index is 4.35. The van der Waals surface area contributed by atoms with Gasteiger partial charge in [0, 0.05) is 4.91 Å². The standard InChI is InChI=1S/C5H11N3O3S/c1-2-3-4-5(7-8-6)12(9,10)11/h5H,2-4H2,1H3,(H,9,10,11). The molecular weight excluding hydrogens is 182 g/mol. The van der Waals surface area contributed by atoms with E-state index >= 15 is 0 Å². The second-order valence-corrected chi connectivity index (χ2v) is 3.89. The first-order chi connectivity index (χ1) is 5.52. The Hall–Kier alpha value is -0.780. The molecule has 0 aliphatic rings. The smallest absolute Gasteiger partial charge is 0.273 e. The Kier molecular flexibility index (Phi) is 4.65. The van der Waals surface area contributed by atoms with Gasteiger partial charge in [0.15, 0.2) is 5.37 Å². The van der Waals surface area contributed by atoms with Crippen molar-refractivity contribution in [2.45, 2.75) is 31.6 Å². The Morgan fingerprint density at radius 3 is 2.58 bits per heavy atom. The number of unbranched alkanes of at least 4 members (excludes halogenated alkanes) is 1. The van der Waals surface area contributed by atoms with E-state index in [9.17, 15) is 8.42 Å². The average Bonchev–Trinajstić information content (AvgIpc) is 1.95. The summed E-state index contributed by atoms with van der Waals surface area (Å²) in [5.41, 5.74) is 7.98. The van der Waals surface area contributed by atoms with Gasteiger partial charge < -0.3 is 0 Å². The predicted octanol–water partition coefficient (Wildman–Crippen LogP) is 1.70. The van der Waals surface area contributed by atoms with Crippen LogP contribution in [0.5, 0.6) is 0 Å². The summed E-state index contributed by atoms with van der Waals surface area (Å²) in [4.78, 5) is 2.34. The van der Waals surface area contributed by atoms with Crippen LogP contribution in [0.2, 0.25) is 0 Å². The Morgan fingerprint density at radius 2 is 2.25 bits per heavy atom. The Labute approximate surface area is 71.0 Å². The SMILES string of the molecule is CCCCC(N=[N+]=[N-])S(=O)(=O)O. The zero-order valence-electron chi connectivity index (χ0n) is 6.71. The van der Waals surface area contributed by atoms with Gasteiger partial charge in [-0.05, 0) is 12.0 Å². The lowest BCUT2D eigenvalue weighted by atomic mass is 10.2. The van der Waals surface area contributed by atoms with Crippen LogP contribution in [0.3, 0.4) is 0 Å². The van der Waals surface area contributed by atoms with Crippen molar-refractivity contribution in [3.63, 3.8) is 0 Å². The fourth-order valence-corrected chi connectivity index (χ4v) is 1.33. The van der Waals surface area contributed by atoms with Crippen molar-refractivity contribution in [3.8, 4) is 0 Å². The molecule has 0 radical (unpaired) electrons. The molecule has 0 fully saturated rings. The molecule has 0 aromatic heterocycles. The summed E-state index contributed by atoms with van der Waals surface area (Å²) in [5.74, 6) is 0. The van der Waals surface area contributed by atoms with Crippen molar-refractivity contribution in [3.05, 3.63) is 10.4 Å². The van der Waals surface area contributed by atoms with E-state index in [4.69, 9.17) is 10.1 Å². The van der Waals surface area contributed by atoms with Crippen LogP contribution < -0.4 is 0 Å². The van der Waals surface area contributed by atoms with Gasteiger partial charge in [0.2, 0.25) is 0 Å². The van der Waals surface area contributed by atoms with Crippen molar-refractivity contribution >= 4 is 10.1 Å². The molecular formula is C5H11N3O3S.